The summed E-state index contributed by atoms with van der Waals surface area (Å²) in [5.41, 5.74) is 1.82. The molecule has 3 heteroatoms. The van der Waals surface area contributed by atoms with Gasteiger partial charge in [0.25, 0.3) is 0 Å². The predicted octanol–water partition coefficient (Wildman–Crippen LogP) is 5.62. The van der Waals surface area contributed by atoms with E-state index in [9.17, 15) is 9.59 Å². The first-order chi connectivity index (χ1) is 12.9. The molecule has 0 N–H and O–H groups in total. The van der Waals surface area contributed by atoms with Gasteiger partial charge in [0, 0.05) is 18.3 Å². The number of hydrogen-bond donors (Lipinski definition) is 0. The van der Waals surface area contributed by atoms with Gasteiger partial charge in [0.15, 0.2) is 5.78 Å². The van der Waals surface area contributed by atoms with Gasteiger partial charge in [0.2, 0.25) is 0 Å². The summed E-state index contributed by atoms with van der Waals surface area (Å²) in [6.07, 6.45) is 13.4. The molecule has 3 fully saturated rings. The van der Waals surface area contributed by atoms with E-state index in [2.05, 4.69) is 20.8 Å². The molecule has 0 bridgehead atoms. The zero-order valence-corrected chi connectivity index (χ0v) is 17.4. The zero-order valence-electron chi connectivity index (χ0n) is 17.4. The third-order valence-electron chi connectivity index (χ3n) is 8.88. The van der Waals surface area contributed by atoms with E-state index in [0.29, 0.717) is 24.0 Å². The lowest BCUT2D eigenvalue weighted by Crippen LogP contribution is -2.51. The highest BCUT2D eigenvalue weighted by molar-refractivity contribution is 5.91. The van der Waals surface area contributed by atoms with Gasteiger partial charge in [-0.15, -0.1) is 0 Å². The largest absolute Gasteiger partial charge is 0.462 e. The molecule has 150 valence electrons. The summed E-state index contributed by atoms with van der Waals surface area (Å²) in [5.74, 6) is 2.46. The van der Waals surface area contributed by atoms with Crippen LogP contribution in [0.4, 0.5) is 0 Å². The summed E-state index contributed by atoms with van der Waals surface area (Å²) in [7, 11) is 0. The standard InChI is InChI=1S/C24H36O3/c1-4-5-6-22(26)27-21-10-9-19-18-8-7-16-15-17(25)11-13-23(16,2)20(18)12-14-24(19,21)3/h15,18-21H,4-14H2,1-3H3/t18-,19-,20-,21-,23-,24-/m1/s1. The molecule has 0 amide bonds. The summed E-state index contributed by atoms with van der Waals surface area (Å²) < 4.78 is 6.02. The first kappa shape index (κ1) is 19.2. The van der Waals surface area contributed by atoms with Crippen molar-refractivity contribution in [2.45, 2.75) is 97.5 Å². The maximum atomic E-state index is 12.3. The average Bonchev–Trinajstić information content (AvgIpc) is 2.97. The van der Waals surface area contributed by atoms with Gasteiger partial charge in [0.1, 0.15) is 6.10 Å². The van der Waals surface area contributed by atoms with Crippen molar-refractivity contribution in [2.24, 2.45) is 28.6 Å². The highest BCUT2D eigenvalue weighted by Crippen LogP contribution is 2.65. The molecule has 4 aliphatic carbocycles. The second-order valence-electron chi connectivity index (χ2n) is 10.2. The Balaban J connectivity index is 1.51. The zero-order chi connectivity index (χ0) is 19.2. The van der Waals surface area contributed by atoms with E-state index in [1.807, 2.05) is 6.08 Å². The maximum Gasteiger partial charge on any atom is 0.306 e. The third kappa shape index (κ3) is 3.09. The molecule has 0 aliphatic heterocycles. The summed E-state index contributed by atoms with van der Waals surface area (Å²) in [4.78, 5) is 24.2. The third-order valence-corrected chi connectivity index (χ3v) is 8.88. The number of unbranched alkanes of at least 4 members (excludes halogenated alkanes) is 1. The number of carbonyl (C=O) groups excluding carboxylic acids is 2. The normalized spacial score (nSPS) is 43.4. The van der Waals surface area contributed by atoms with Crippen LogP contribution in [0.3, 0.4) is 0 Å². The number of esters is 1. The number of allylic oxidation sites excluding steroid dienone is 1. The minimum atomic E-state index is 0.0115. The number of carbonyl (C=O) groups is 2. The van der Waals surface area contributed by atoms with Gasteiger partial charge in [-0.25, -0.2) is 0 Å². The molecule has 0 aromatic carbocycles. The van der Waals surface area contributed by atoms with Gasteiger partial charge in [-0.05, 0) is 80.6 Å². The molecule has 0 spiro atoms. The first-order valence-corrected chi connectivity index (χ1v) is 11.3. The lowest BCUT2D eigenvalue weighted by molar-refractivity contribution is -0.160. The minimum Gasteiger partial charge on any atom is -0.462 e. The molecule has 4 aliphatic rings. The van der Waals surface area contributed by atoms with Gasteiger partial charge >= 0.3 is 5.97 Å². The molecule has 3 nitrogen and oxygen atoms in total. The Hall–Kier alpha value is -1.12. The van der Waals surface area contributed by atoms with Gasteiger partial charge in [-0.2, -0.15) is 0 Å². The Morgan fingerprint density at radius 2 is 1.93 bits per heavy atom. The molecule has 27 heavy (non-hydrogen) atoms. The fourth-order valence-electron chi connectivity index (χ4n) is 7.24. The molecular formula is C24H36O3. The Morgan fingerprint density at radius 1 is 1.11 bits per heavy atom. The van der Waals surface area contributed by atoms with Crippen LogP contribution >= 0.6 is 0 Å². The first-order valence-electron chi connectivity index (χ1n) is 11.3. The van der Waals surface area contributed by atoms with E-state index >= 15 is 0 Å². The number of fused-ring (bicyclic) bond motifs is 5. The molecule has 0 saturated heterocycles. The molecule has 3 saturated carbocycles. The Labute approximate surface area is 164 Å². The van der Waals surface area contributed by atoms with Gasteiger partial charge in [-0.1, -0.05) is 32.8 Å². The minimum absolute atomic E-state index is 0.0115. The van der Waals surface area contributed by atoms with E-state index in [-0.39, 0.29) is 22.9 Å². The van der Waals surface area contributed by atoms with Crippen LogP contribution < -0.4 is 0 Å². The topological polar surface area (TPSA) is 43.4 Å². The van der Waals surface area contributed by atoms with Crippen molar-refractivity contribution in [2.75, 3.05) is 0 Å². The molecule has 0 radical (unpaired) electrons. The number of hydrogen-bond acceptors (Lipinski definition) is 3. The summed E-state index contributed by atoms with van der Waals surface area (Å²) in [6, 6.07) is 0. The van der Waals surface area contributed by atoms with Crippen LogP contribution in [0.25, 0.3) is 0 Å². The molecule has 0 aromatic rings. The van der Waals surface area contributed by atoms with E-state index in [0.717, 1.165) is 44.4 Å². The van der Waals surface area contributed by atoms with Crippen molar-refractivity contribution in [1.29, 1.82) is 0 Å². The second-order valence-corrected chi connectivity index (χ2v) is 10.2. The van der Waals surface area contributed by atoms with Crippen molar-refractivity contribution >= 4 is 11.8 Å². The Bertz CT molecular complexity index is 650. The van der Waals surface area contributed by atoms with Crippen molar-refractivity contribution in [3.8, 4) is 0 Å². The van der Waals surface area contributed by atoms with Crippen LogP contribution in [0, 0.1) is 28.6 Å². The Morgan fingerprint density at radius 3 is 2.70 bits per heavy atom. The molecular weight excluding hydrogens is 336 g/mol. The van der Waals surface area contributed by atoms with Crippen molar-refractivity contribution in [1.82, 2.24) is 0 Å². The van der Waals surface area contributed by atoms with Crippen LogP contribution in [0.1, 0.15) is 91.4 Å². The number of ether oxygens (including phenoxy) is 1. The van der Waals surface area contributed by atoms with Gasteiger partial charge in [-0.3, -0.25) is 9.59 Å². The van der Waals surface area contributed by atoms with E-state index in [1.165, 1.54) is 31.3 Å². The van der Waals surface area contributed by atoms with Gasteiger partial charge < -0.3 is 4.74 Å². The smallest absolute Gasteiger partial charge is 0.306 e. The van der Waals surface area contributed by atoms with E-state index < -0.39 is 0 Å². The highest BCUT2D eigenvalue weighted by atomic mass is 16.5. The van der Waals surface area contributed by atoms with E-state index in [1.54, 1.807) is 0 Å². The fraction of sp³-hybridized carbons (Fsp3) is 0.833. The quantitative estimate of drug-likeness (QED) is 0.602. The van der Waals surface area contributed by atoms with Gasteiger partial charge in [0.05, 0.1) is 0 Å². The molecule has 6 atom stereocenters. The lowest BCUT2D eigenvalue weighted by atomic mass is 9.47. The lowest BCUT2D eigenvalue weighted by Gasteiger charge is -2.57. The van der Waals surface area contributed by atoms with Crippen LogP contribution in [-0.2, 0) is 14.3 Å². The molecule has 0 aromatic heterocycles. The highest BCUT2D eigenvalue weighted by Gasteiger charge is 2.59. The van der Waals surface area contributed by atoms with Crippen LogP contribution in [0.15, 0.2) is 11.6 Å². The maximum absolute atomic E-state index is 12.3. The predicted molar refractivity (Wildman–Crippen MR) is 106 cm³/mol. The van der Waals surface area contributed by atoms with Crippen LogP contribution in [0.2, 0.25) is 0 Å². The van der Waals surface area contributed by atoms with Crippen LogP contribution in [-0.4, -0.2) is 17.9 Å². The van der Waals surface area contributed by atoms with Crippen molar-refractivity contribution in [3.63, 3.8) is 0 Å². The van der Waals surface area contributed by atoms with E-state index in [4.69, 9.17) is 4.74 Å². The van der Waals surface area contributed by atoms with Crippen molar-refractivity contribution in [3.05, 3.63) is 11.6 Å². The molecule has 4 rings (SSSR count). The number of ketones is 1. The Kier molecular flexibility index (Phi) is 5.01. The summed E-state index contributed by atoms with van der Waals surface area (Å²) >= 11 is 0. The molecule has 0 heterocycles. The SMILES string of the molecule is CCCCC(=O)O[C@@H]1CC[C@@H]2[C@H]3CCC4=CC(=O)CC[C@@]4(C)[C@@H]3CC[C@]21C. The van der Waals surface area contributed by atoms with Crippen molar-refractivity contribution < 1.29 is 14.3 Å². The van der Waals surface area contributed by atoms with Crippen LogP contribution in [0.5, 0.6) is 0 Å². The fourth-order valence-corrected chi connectivity index (χ4v) is 7.24. The second kappa shape index (κ2) is 7.04. The summed E-state index contributed by atoms with van der Waals surface area (Å²) in [5, 5.41) is 0. The summed E-state index contributed by atoms with van der Waals surface area (Å²) in [6.45, 7) is 6.95. The number of rotatable bonds is 4. The monoisotopic (exact) mass is 372 g/mol. The molecule has 0 unspecified atom stereocenters. The average molecular weight is 373 g/mol.